The summed E-state index contributed by atoms with van der Waals surface area (Å²) in [6.45, 7) is 0. The van der Waals surface area contributed by atoms with Gasteiger partial charge in [-0.1, -0.05) is 182 Å². The van der Waals surface area contributed by atoms with Gasteiger partial charge in [-0.05, 0) is 132 Å². The van der Waals surface area contributed by atoms with E-state index >= 15 is 0 Å². The van der Waals surface area contributed by atoms with Crippen LogP contribution in [-0.2, 0) is 5.41 Å². The van der Waals surface area contributed by atoms with Crippen molar-refractivity contribution in [3.63, 3.8) is 0 Å². The van der Waals surface area contributed by atoms with Crippen molar-refractivity contribution in [3.8, 4) is 33.4 Å². The van der Waals surface area contributed by atoms with Crippen LogP contribution in [0, 0.1) is 0 Å². The van der Waals surface area contributed by atoms with Gasteiger partial charge < -0.3 is 4.90 Å². The van der Waals surface area contributed by atoms with Gasteiger partial charge in [0.25, 0.3) is 0 Å². The molecule has 1 nitrogen and oxygen atoms in total. The van der Waals surface area contributed by atoms with E-state index in [0.717, 1.165) is 17.1 Å². The summed E-state index contributed by atoms with van der Waals surface area (Å²) < 4.78 is 0. The lowest BCUT2D eigenvalue weighted by Crippen LogP contribution is -2.28. The molecule has 1 aliphatic rings. The first-order chi connectivity index (χ1) is 28.8. The van der Waals surface area contributed by atoms with E-state index in [-0.39, 0.29) is 0 Å². The Kier molecular flexibility index (Phi) is 8.12. The molecule has 0 aromatic heterocycles. The smallest absolute Gasteiger partial charge is 0.0713 e. The molecular weight excluding hydrogens is 699 g/mol. The van der Waals surface area contributed by atoms with Crippen molar-refractivity contribution in [3.05, 3.63) is 259 Å². The maximum Gasteiger partial charge on any atom is 0.0713 e. The molecule has 1 aliphatic carbocycles. The lowest BCUT2D eigenvalue weighted by atomic mass is 9.67. The first-order valence-corrected chi connectivity index (χ1v) is 20.1. The monoisotopic (exact) mass is 737 g/mol. The van der Waals surface area contributed by atoms with Crippen LogP contribution in [0.1, 0.15) is 22.3 Å². The summed E-state index contributed by atoms with van der Waals surface area (Å²) in [5.74, 6) is 0. The van der Waals surface area contributed by atoms with Crippen LogP contribution < -0.4 is 4.90 Å². The molecule has 0 heterocycles. The predicted octanol–water partition coefficient (Wildman–Crippen LogP) is 15.2. The summed E-state index contributed by atoms with van der Waals surface area (Å²) in [7, 11) is 0. The number of benzene rings is 10. The molecular formula is C57H39N. The van der Waals surface area contributed by atoms with E-state index in [1.165, 1.54) is 77.2 Å². The number of nitrogens with zero attached hydrogens (tertiary/aromatic N) is 1. The average molecular weight is 738 g/mol. The van der Waals surface area contributed by atoms with Gasteiger partial charge in [0.05, 0.1) is 5.41 Å². The number of fused-ring (bicyclic) bond motifs is 6. The highest BCUT2D eigenvalue weighted by Gasteiger charge is 2.46. The van der Waals surface area contributed by atoms with E-state index in [9.17, 15) is 0 Å². The summed E-state index contributed by atoms with van der Waals surface area (Å²) >= 11 is 0. The second kappa shape index (κ2) is 13.9. The molecule has 0 atom stereocenters. The molecule has 0 bridgehead atoms. The first-order valence-electron chi connectivity index (χ1n) is 20.1. The summed E-state index contributed by atoms with van der Waals surface area (Å²) in [4.78, 5) is 2.42. The van der Waals surface area contributed by atoms with Crippen molar-refractivity contribution in [1.29, 1.82) is 0 Å². The second-order valence-corrected chi connectivity index (χ2v) is 15.3. The third-order valence-corrected chi connectivity index (χ3v) is 12.1. The zero-order valence-corrected chi connectivity index (χ0v) is 32.0. The molecule has 0 fully saturated rings. The van der Waals surface area contributed by atoms with Gasteiger partial charge in [0.2, 0.25) is 0 Å². The van der Waals surface area contributed by atoms with Gasteiger partial charge in [0.1, 0.15) is 0 Å². The minimum absolute atomic E-state index is 0.468. The van der Waals surface area contributed by atoms with Crippen LogP contribution >= 0.6 is 0 Å². The highest BCUT2D eigenvalue weighted by atomic mass is 15.1. The molecule has 0 spiro atoms. The van der Waals surface area contributed by atoms with Crippen molar-refractivity contribution < 1.29 is 0 Å². The second-order valence-electron chi connectivity index (χ2n) is 15.3. The van der Waals surface area contributed by atoms with Gasteiger partial charge in [0.15, 0.2) is 0 Å². The van der Waals surface area contributed by atoms with Gasteiger partial charge >= 0.3 is 0 Å². The van der Waals surface area contributed by atoms with Crippen molar-refractivity contribution in [2.75, 3.05) is 4.90 Å². The van der Waals surface area contributed by atoms with E-state index in [0.29, 0.717) is 0 Å². The maximum atomic E-state index is 2.51. The molecule has 272 valence electrons. The average Bonchev–Trinajstić information content (AvgIpc) is 3.60. The van der Waals surface area contributed by atoms with Crippen molar-refractivity contribution in [1.82, 2.24) is 0 Å². The van der Waals surface area contributed by atoms with E-state index in [1.807, 2.05) is 0 Å². The Labute approximate surface area is 339 Å². The van der Waals surface area contributed by atoms with Crippen molar-refractivity contribution in [2.45, 2.75) is 5.41 Å². The molecule has 0 saturated carbocycles. The number of hydrogen-bond donors (Lipinski definition) is 0. The minimum atomic E-state index is -0.468. The van der Waals surface area contributed by atoms with E-state index in [1.54, 1.807) is 0 Å². The lowest BCUT2D eigenvalue weighted by Gasteiger charge is -2.34. The predicted molar refractivity (Wildman–Crippen MR) is 244 cm³/mol. The normalized spacial score (nSPS) is 12.6. The molecule has 10 aromatic rings. The Hall–Kier alpha value is -7.48. The molecule has 0 radical (unpaired) electrons. The number of anilines is 3. The third kappa shape index (κ3) is 5.47. The van der Waals surface area contributed by atoms with Gasteiger partial charge in [-0.25, -0.2) is 0 Å². The van der Waals surface area contributed by atoms with Crippen molar-refractivity contribution in [2.24, 2.45) is 0 Å². The molecule has 11 rings (SSSR count). The quantitative estimate of drug-likeness (QED) is 0.147. The van der Waals surface area contributed by atoms with Crippen molar-refractivity contribution >= 4 is 38.6 Å². The van der Waals surface area contributed by atoms with Gasteiger partial charge in [-0.2, -0.15) is 0 Å². The third-order valence-electron chi connectivity index (χ3n) is 12.1. The van der Waals surface area contributed by atoms with Gasteiger partial charge in [0, 0.05) is 17.1 Å². The number of hydrogen-bond acceptors (Lipinski definition) is 1. The summed E-state index contributed by atoms with van der Waals surface area (Å²) in [5, 5.41) is 4.93. The highest BCUT2D eigenvalue weighted by Crippen LogP contribution is 2.57. The highest BCUT2D eigenvalue weighted by molar-refractivity contribution is 6.11. The molecule has 58 heavy (non-hydrogen) atoms. The molecule has 0 saturated heterocycles. The van der Waals surface area contributed by atoms with Crippen LogP contribution in [-0.4, -0.2) is 0 Å². The summed E-state index contributed by atoms with van der Waals surface area (Å²) in [5.41, 5.74) is 15.4. The minimum Gasteiger partial charge on any atom is -0.310 e. The molecule has 0 unspecified atom stereocenters. The fourth-order valence-corrected chi connectivity index (χ4v) is 9.48. The largest absolute Gasteiger partial charge is 0.310 e. The van der Waals surface area contributed by atoms with Gasteiger partial charge in [-0.3, -0.25) is 0 Å². The van der Waals surface area contributed by atoms with E-state index in [4.69, 9.17) is 0 Å². The standard InChI is InChI=1S/C57H39N/c1-6-18-40(19-7-1)44-34-45(41-20-8-2-9-21-41)36-50(35-44)58(48-26-14-5-15-27-48)49-33-32-42-30-31-43-37-54-51-28-16-17-29-55(51)57(46-22-10-3-11-23-46,47-24-12-4-13-25-47)56(54)39-53(43)52(42)38-49/h1-39H. The fraction of sp³-hybridized carbons (Fsp3) is 0.0175. The van der Waals surface area contributed by atoms with Crippen LogP contribution in [0.25, 0.3) is 54.9 Å². The Morgan fingerprint density at radius 3 is 1.40 bits per heavy atom. The lowest BCUT2D eigenvalue weighted by molar-refractivity contribution is 0.769. The van der Waals surface area contributed by atoms with Crippen LogP contribution in [0.3, 0.4) is 0 Å². The van der Waals surface area contributed by atoms with Crippen LogP contribution in [0.2, 0.25) is 0 Å². The van der Waals surface area contributed by atoms with Gasteiger partial charge in [-0.15, -0.1) is 0 Å². The molecule has 0 N–H and O–H groups in total. The molecule has 0 aliphatic heterocycles. The van der Waals surface area contributed by atoms with Crippen LogP contribution in [0.15, 0.2) is 237 Å². The zero-order chi connectivity index (χ0) is 38.5. The maximum absolute atomic E-state index is 2.51. The first kappa shape index (κ1) is 33.8. The van der Waals surface area contributed by atoms with E-state index < -0.39 is 5.41 Å². The Morgan fingerprint density at radius 2 is 0.776 bits per heavy atom. The van der Waals surface area contributed by atoms with Crippen LogP contribution in [0.5, 0.6) is 0 Å². The SMILES string of the molecule is c1ccc(-c2cc(-c3ccccc3)cc(N(c3ccccc3)c3ccc4ccc5cc6c(cc5c4c3)C(c3ccccc3)(c3ccccc3)c3ccccc3-6)c2)cc1. The number of para-hydroxylation sites is 1. The fourth-order valence-electron chi connectivity index (χ4n) is 9.48. The summed E-state index contributed by atoms with van der Waals surface area (Å²) in [6.07, 6.45) is 0. The Balaban J connectivity index is 1.17. The summed E-state index contributed by atoms with van der Waals surface area (Å²) in [6, 6.07) is 86.9. The molecule has 1 heteroatoms. The Morgan fingerprint density at radius 1 is 0.276 bits per heavy atom. The topological polar surface area (TPSA) is 3.24 Å². The number of rotatable bonds is 7. The van der Waals surface area contributed by atoms with Crippen LogP contribution in [0.4, 0.5) is 17.1 Å². The molecule has 0 amide bonds. The Bertz CT molecular complexity index is 2990. The molecule has 10 aromatic carbocycles. The zero-order valence-electron chi connectivity index (χ0n) is 32.0. The van der Waals surface area contributed by atoms with E-state index in [2.05, 4.69) is 241 Å².